The molecule has 0 N–H and O–H groups in total. The minimum atomic E-state index is 1.16. The first-order valence-electron chi connectivity index (χ1n) is 18.8. The molecule has 0 bridgehead atoms. The third kappa shape index (κ3) is 4.57. The lowest BCUT2D eigenvalue weighted by molar-refractivity contribution is 1.18. The molecule has 0 spiro atoms. The van der Waals surface area contributed by atoms with Crippen molar-refractivity contribution in [1.82, 2.24) is 9.13 Å². The maximum absolute atomic E-state index is 2.44. The normalized spacial score (nSPS) is 12.3. The van der Waals surface area contributed by atoms with E-state index in [4.69, 9.17) is 0 Å². The fraction of sp³-hybridized carbons (Fsp3) is 0. The van der Waals surface area contributed by atoms with Gasteiger partial charge in [-0.1, -0.05) is 139 Å². The lowest BCUT2D eigenvalue weighted by Gasteiger charge is -2.22. The molecule has 2 aromatic heterocycles. The summed E-state index contributed by atoms with van der Waals surface area (Å²) in [6, 6.07) is 71.3. The molecule has 11 aromatic rings. The maximum Gasteiger partial charge on any atom is 0.0553 e. The van der Waals surface area contributed by atoms with Gasteiger partial charge in [0.25, 0.3) is 0 Å². The van der Waals surface area contributed by atoms with Gasteiger partial charge < -0.3 is 9.13 Å². The van der Waals surface area contributed by atoms with E-state index in [0.717, 1.165) is 5.69 Å². The first-order valence-corrected chi connectivity index (χ1v) is 19.7. The van der Waals surface area contributed by atoms with Gasteiger partial charge in [-0.25, -0.2) is 0 Å². The van der Waals surface area contributed by atoms with Crippen LogP contribution in [0.5, 0.6) is 0 Å². The predicted octanol–water partition coefficient (Wildman–Crippen LogP) is 14.5. The van der Waals surface area contributed by atoms with E-state index in [0.29, 0.717) is 0 Å². The number of benzene rings is 9. The van der Waals surface area contributed by atoms with Crippen LogP contribution in [0.4, 0.5) is 0 Å². The molecule has 0 saturated carbocycles. The molecule has 1 aliphatic heterocycles. The SMILES string of the molecule is c1ccc(-c2ccc3c(c2)c2ccccc2n3-c2ccc(-c3ccc4c(c3)Sc3cccc5c3c-4cc3c5c4ccccc4n3-c3ccccc3)cc2)cc1. The Labute approximate surface area is 322 Å². The second-order valence-electron chi connectivity index (χ2n) is 14.5. The van der Waals surface area contributed by atoms with Crippen molar-refractivity contribution in [2.75, 3.05) is 0 Å². The number of rotatable bonds is 4. The van der Waals surface area contributed by atoms with Crippen LogP contribution in [0.2, 0.25) is 0 Å². The second kappa shape index (κ2) is 11.8. The second-order valence-corrected chi connectivity index (χ2v) is 15.6. The van der Waals surface area contributed by atoms with E-state index in [1.54, 1.807) is 0 Å². The van der Waals surface area contributed by atoms with E-state index in [1.165, 1.54) is 103 Å². The van der Waals surface area contributed by atoms with Gasteiger partial charge in [0.2, 0.25) is 0 Å². The minimum Gasteiger partial charge on any atom is -0.309 e. The zero-order chi connectivity index (χ0) is 36.0. The Bertz CT molecular complexity index is 3320. The Balaban J connectivity index is 0.974. The fourth-order valence-corrected chi connectivity index (χ4v) is 10.2. The van der Waals surface area contributed by atoms with Crippen molar-refractivity contribution in [2.24, 2.45) is 0 Å². The first kappa shape index (κ1) is 30.6. The number of hydrogen-bond donors (Lipinski definition) is 0. The van der Waals surface area contributed by atoms with Crippen molar-refractivity contribution in [3.63, 3.8) is 0 Å². The molecule has 0 aliphatic carbocycles. The van der Waals surface area contributed by atoms with Crippen LogP contribution in [0.3, 0.4) is 0 Å². The summed E-state index contributed by atoms with van der Waals surface area (Å²) in [4.78, 5) is 2.60. The third-order valence-corrected chi connectivity index (χ3v) is 12.6. The Morgan fingerprint density at radius 3 is 1.69 bits per heavy atom. The van der Waals surface area contributed by atoms with E-state index in [1.807, 2.05) is 11.8 Å². The molecule has 0 fully saturated rings. The highest BCUT2D eigenvalue weighted by molar-refractivity contribution is 7.99. The Hall–Kier alpha value is -6.81. The van der Waals surface area contributed by atoms with Crippen molar-refractivity contribution >= 4 is 66.1 Å². The highest BCUT2D eigenvalue weighted by atomic mass is 32.2. The van der Waals surface area contributed by atoms with E-state index in [-0.39, 0.29) is 0 Å². The van der Waals surface area contributed by atoms with Crippen molar-refractivity contribution in [1.29, 1.82) is 0 Å². The number of aromatic nitrogens is 2. The molecule has 1 aliphatic rings. The van der Waals surface area contributed by atoms with E-state index >= 15 is 0 Å². The summed E-state index contributed by atoms with van der Waals surface area (Å²) in [7, 11) is 0. The number of hydrogen-bond acceptors (Lipinski definition) is 1. The Kier molecular flexibility index (Phi) is 6.60. The molecule has 256 valence electrons. The van der Waals surface area contributed by atoms with Gasteiger partial charge in [-0.2, -0.15) is 0 Å². The summed E-state index contributed by atoms with van der Waals surface area (Å²) in [5.41, 5.74) is 14.7. The van der Waals surface area contributed by atoms with Crippen LogP contribution in [-0.4, -0.2) is 9.13 Å². The fourth-order valence-electron chi connectivity index (χ4n) is 9.05. The molecule has 3 heterocycles. The zero-order valence-corrected chi connectivity index (χ0v) is 30.6. The molecule has 2 nitrogen and oxygen atoms in total. The summed E-state index contributed by atoms with van der Waals surface area (Å²) in [5.74, 6) is 0. The average molecular weight is 717 g/mol. The number of fused-ring (bicyclic) bond motifs is 9. The van der Waals surface area contributed by atoms with Crippen molar-refractivity contribution in [3.05, 3.63) is 194 Å². The van der Waals surface area contributed by atoms with E-state index < -0.39 is 0 Å². The van der Waals surface area contributed by atoms with Gasteiger partial charge in [0, 0.05) is 48.1 Å². The average Bonchev–Trinajstić information content (AvgIpc) is 3.77. The predicted molar refractivity (Wildman–Crippen MR) is 233 cm³/mol. The maximum atomic E-state index is 2.44. The van der Waals surface area contributed by atoms with Gasteiger partial charge in [0.15, 0.2) is 0 Å². The number of para-hydroxylation sites is 3. The molecule has 0 unspecified atom stereocenters. The lowest BCUT2D eigenvalue weighted by atomic mass is 9.93. The monoisotopic (exact) mass is 716 g/mol. The minimum absolute atomic E-state index is 1.16. The van der Waals surface area contributed by atoms with Crippen LogP contribution in [0, 0.1) is 0 Å². The first-order chi connectivity index (χ1) is 27.3. The van der Waals surface area contributed by atoms with Gasteiger partial charge in [-0.15, -0.1) is 0 Å². The van der Waals surface area contributed by atoms with E-state index in [9.17, 15) is 0 Å². The molecular formula is C52H32N2S. The van der Waals surface area contributed by atoms with E-state index in [2.05, 4.69) is 203 Å². The molecule has 0 saturated heterocycles. The molecule has 55 heavy (non-hydrogen) atoms. The largest absolute Gasteiger partial charge is 0.309 e. The highest BCUT2D eigenvalue weighted by Gasteiger charge is 2.24. The summed E-state index contributed by atoms with van der Waals surface area (Å²) in [6.07, 6.45) is 0. The zero-order valence-electron chi connectivity index (χ0n) is 29.8. The summed E-state index contributed by atoms with van der Waals surface area (Å²) < 4.78 is 4.84. The van der Waals surface area contributed by atoms with Crippen molar-refractivity contribution < 1.29 is 0 Å². The standard InChI is InChI=1S/C52H32N2S/c1-3-12-33(13-4-1)35-25-29-47-43(30-35)39-16-7-9-19-45(39)53(47)38-26-22-34(23-27-38)36-24-28-40-44-32-48-51(42-18-11-21-49(52(42)44)55-50(40)31-36)41-17-8-10-20-46(41)54(48)37-14-5-2-6-15-37/h1-32H. The van der Waals surface area contributed by atoms with Crippen molar-refractivity contribution in [3.8, 4) is 44.8 Å². The van der Waals surface area contributed by atoms with Crippen LogP contribution < -0.4 is 0 Å². The molecular weight excluding hydrogens is 685 g/mol. The topological polar surface area (TPSA) is 9.86 Å². The number of nitrogens with zero attached hydrogens (tertiary/aromatic N) is 2. The van der Waals surface area contributed by atoms with Crippen LogP contribution in [0.25, 0.3) is 99.1 Å². The summed E-state index contributed by atoms with van der Waals surface area (Å²) in [6.45, 7) is 0. The molecule has 9 aromatic carbocycles. The van der Waals surface area contributed by atoms with Gasteiger partial charge in [0.05, 0.1) is 22.1 Å². The van der Waals surface area contributed by atoms with Crippen LogP contribution in [-0.2, 0) is 0 Å². The van der Waals surface area contributed by atoms with Gasteiger partial charge in [-0.05, 0) is 105 Å². The molecule has 12 rings (SSSR count). The smallest absolute Gasteiger partial charge is 0.0553 e. The van der Waals surface area contributed by atoms with Crippen molar-refractivity contribution in [2.45, 2.75) is 9.79 Å². The highest BCUT2D eigenvalue weighted by Crippen LogP contribution is 2.52. The van der Waals surface area contributed by atoms with Crippen LogP contribution >= 0.6 is 11.8 Å². The van der Waals surface area contributed by atoms with Gasteiger partial charge >= 0.3 is 0 Å². The van der Waals surface area contributed by atoms with Gasteiger partial charge in [0.1, 0.15) is 0 Å². The molecule has 0 radical (unpaired) electrons. The summed E-state index contributed by atoms with van der Waals surface area (Å²) in [5, 5.41) is 7.81. The third-order valence-electron chi connectivity index (χ3n) is 11.5. The Morgan fingerprint density at radius 2 is 0.873 bits per heavy atom. The Morgan fingerprint density at radius 1 is 0.291 bits per heavy atom. The van der Waals surface area contributed by atoms with Crippen LogP contribution in [0.15, 0.2) is 204 Å². The molecule has 3 heteroatoms. The lowest BCUT2D eigenvalue weighted by Crippen LogP contribution is -1.97. The molecule has 0 amide bonds. The van der Waals surface area contributed by atoms with Gasteiger partial charge in [-0.3, -0.25) is 0 Å². The quantitative estimate of drug-likeness (QED) is 0.176. The van der Waals surface area contributed by atoms with Crippen LogP contribution in [0.1, 0.15) is 0 Å². The molecule has 0 atom stereocenters. The summed E-state index contributed by atoms with van der Waals surface area (Å²) >= 11 is 1.89.